The van der Waals surface area contributed by atoms with Crippen LogP contribution in [0.5, 0.6) is 0 Å². The molecule has 0 saturated carbocycles. The summed E-state index contributed by atoms with van der Waals surface area (Å²) < 4.78 is 0.870. The van der Waals surface area contributed by atoms with E-state index in [-0.39, 0.29) is 0 Å². The van der Waals surface area contributed by atoms with Crippen LogP contribution in [0.15, 0.2) is 22.7 Å². The summed E-state index contributed by atoms with van der Waals surface area (Å²) in [6, 6.07) is 8.71. The van der Waals surface area contributed by atoms with E-state index in [4.69, 9.17) is 5.26 Å². The Morgan fingerprint density at radius 2 is 2.33 bits per heavy atom. The third-order valence-electron chi connectivity index (χ3n) is 3.67. The van der Waals surface area contributed by atoms with E-state index >= 15 is 0 Å². The molecule has 1 aliphatic rings. The van der Waals surface area contributed by atoms with Crippen molar-refractivity contribution in [2.45, 2.75) is 18.9 Å². The van der Waals surface area contributed by atoms with E-state index in [2.05, 4.69) is 45.9 Å². The average molecular weight is 308 g/mol. The maximum absolute atomic E-state index is 8.91. The third-order valence-corrected chi connectivity index (χ3v) is 4.33. The van der Waals surface area contributed by atoms with Gasteiger partial charge in [-0.15, -0.1) is 0 Å². The second-order valence-corrected chi connectivity index (χ2v) is 5.79. The van der Waals surface area contributed by atoms with Gasteiger partial charge in [0.1, 0.15) is 6.07 Å². The van der Waals surface area contributed by atoms with Gasteiger partial charge in [-0.25, -0.2) is 0 Å². The smallest absolute Gasteiger partial charge is 0.100 e. The lowest BCUT2D eigenvalue weighted by Gasteiger charge is -2.27. The number of anilines is 1. The number of rotatable bonds is 3. The normalized spacial score (nSPS) is 19.8. The lowest BCUT2D eigenvalue weighted by molar-refractivity contribution is 0.314. The molecular weight excluding hydrogens is 290 g/mol. The highest BCUT2D eigenvalue weighted by Crippen LogP contribution is 2.24. The van der Waals surface area contributed by atoms with E-state index < -0.39 is 0 Å². The quantitative estimate of drug-likeness (QED) is 0.860. The van der Waals surface area contributed by atoms with Crippen molar-refractivity contribution in [2.24, 2.45) is 0 Å². The van der Waals surface area contributed by atoms with E-state index in [0.29, 0.717) is 11.6 Å². The van der Waals surface area contributed by atoms with E-state index in [1.807, 2.05) is 18.2 Å². The number of hydrogen-bond donors (Lipinski definition) is 0. The fraction of sp³-hybridized carbons (Fsp3) is 0.500. The zero-order valence-corrected chi connectivity index (χ0v) is 12.4. The molecule has 0 aliphatic carbocycles. The van der Waals surface area contributed by atoms with Crippen LogP contribution >= 0.6 is 15.9 Å². The van der Waals surface area contributed by atoms with Crippen molar-refractivity contribution in [2.75, 3.05) is 32.1 Å². The molecule has 18 heavy (non-hydrogen) atoms. The fourth-order valence-corrected chi connectivity index (χ4v) is 2.92. The third kappa shape index (κ3) is 2.85. The number of likely N-dealkylation sites (tertiary alicyclic amines) is 1. The molecule has 2 rings (SSSR count). The van der Waals surface area contributed by atoms with Gasteiger partial charge in [0.05, 0.1) is 5.56 Å². The van der Waals surface area contributed by atoms with Gasteiger partial charge in [-0.1, -0.05) is 0 Å². The fourth-order valence-electron chi connectivity index (χ4n) is 2.46. The van der Waals surface area contributed by atoms with Crippen LogP contribution in [0.3, 0.4) is 0 Å². The van der Waals surface area contributed by atoms with Gasteiger partial charge >= 0.3 is 0 Å². The summed E-state index contributed by atoms with van der Waals surface area (Å²) >= 11 is 3.44. The van der Waals surface area contributed by atoms with Crippen LogP contribution in [0.25, 0.3) is 0 Å². The summed E-state index contributed by atoms with van der Waals surface area (Å²) in [4.78, 5) is 4.69. The maximum Gasteiger partial charge on any atom is 0.100 e. The van der Waals surface area contributed by atoms with Crippen molar-refractivity contribution in [3.05, 3.63) is 28.2 Å². The molecule has 1 heterocycles. The van der Waals surface area contributed by atoms with Crippen molar-refractivity contribution in [3.63, 3.8) is 0 Å². The van der Waals surface area contributed by atoms with Crippen LogP contribution in [-0.2, 0) is 0 Å². The first kappa shape index (κ1) is 13.4. The standard InChI is InChI=1S/C14H18BrN3/c1-17-7-3-4-13(17)10-18(2)12-6-5-11(9-16)14(15)8-12/h5-6,8,13H,3-4,7,10H2,1-2H3. The molecule has 1 fully saturated rings. The highest BCUT2D eigenvalue weighted by atomic mass is 79.9. The molecule has 1 aliphatic heterocycles. The minimum Gasteiger partial charge on any atom is -0.373 e. The van der Waals surface area contributed by atoms with Gasteiger partial charge < -0.3 is 9.80 Å². The van der Waals surface area contributed by atoms with Gasteiger partial charge in [-0.05, 0) is 60.6 Å². The molecular formula is C14H18BrN3. The molecule has 96 valence electrons. The minimum absolute atomic E-state index is 0.643. The molecule has 1 aromatic carbocycles. The van der Waals surface area contributed by atoms with Crippen LogP contribution in [0.4, 0.5) is 5.69 Å². The van der Waals surface area contributed by atoms with Gasteiger partial charge in [-0.3, -0.25) is 0 Å². The molecule has 1 aromatic rings. The first-order chi connectivity index (χ1) is 8.61. The number of nitriles is 1. The van der Waals surface area contributed by atoms with Crippen molar-refractivity contribution in [1.82, 2.24) is 4.90 Å². The predicted molar refractivity (Wildman–Crippen MR) is 77.8 cm³/mol. The average Bonchev–Trinajstić information content (AvgIpc) is 2.75. The van der Waals surface area contributed by atoms with Gasteiger partial charge in [0.15, 0.2) is 0 Å². The molecule has 4 heteroatoms. The minimum atomic E-state index is 0.643. The molecule has 0 aromatic heterocycles. The molecule has 0 amide bonds. The summed E-state index contributed by atoms with van der Waals surface area (Å²) in [7, 11) is 4.31. The summed E-state index contributed by atoms with van der Waals surface area (Å²) in [5.74, 6) is 0. The summed E-state index contributed by atoms with van der Waals surface area (Å²) in [6.07, 6.45) is 2.57. The number of halogens is 1. The van der Waals surface area contributed by atoms with E-state index in [9.17, 15) is 0 Å². The highest BCUT2D eigenvalue weighted by molar-refractivity contribution is 9.10. The van der Waals surface area contributed by atoms with Crippen molar-refractivity contribution < 1.29 is 0 Å². The van der Waals surface area contributed by atoms with Gasteiger partial charge in [0.25, 0.3) is 0 Å². The SMILES string of the molecule is CN(CC1CCCN1C)c1ccc(C#N)c(Br)c1. The van der Waals surface area contributed by atoms with Gasteiger partial charge in [0, 0.05) is 29.8 Å². The van der Waals surface area contributed by atoms with Crippen LogP contribution in [-0.4, -0.2) is 38.1 Å². The molecule has 1 unspecified atom stereocenters. The Kier molecular flexibility index (Phi) is 4.26. The van der Waals surface area contributed by atoms with Crippen molar-refractivity contribution in [1.29, 1.82) is 5.26 Å². The van der Waals surface area contributed by atoms with Crippen LogP contribution in [0, 0.1) is 11.3 Å². The zero-order valence-electron chi connectivity index (χ0n) is 10.9. The van der Waals surface area contributed by atoms with E-state index in [1.54, 1.807) is 0 Å². The molecule has 0 spiro atoms. The molecule has 1 saturated heterocycles. The second-order valence-electron chi connectivity index (χ2n) is 4.93. The maximum atomic E-state index is 8.91. The van der Waals surface area contributed by atoms with Crippen LogP contribution < -0.4 is 4.90 Å². The Morgan fingerprint density at radius 3 is 2.89 bits per heavy atom. The summed E-state index contributed by atoms with van der Waals surface area (Å²) in [5.41, 5.74) is 1.84. The molecule has 1 atom stereocenters. The predicted octanol–water partition coefficient (Wildman–Crippen LogP) is 2.85. The Morgan fingerprint density at radius 1 is 1.56 bits per heavy atom. The topological polar surface area (TPSA) is 30.3 Å². The number of benzene rings is 1. The zero-order chi connectivity index (χ0) is 13.1. The Labute approximate surface area is 117 Å². The monoisotopic (exact) mass is 307 g/mol. The molecule has 3 nitrogen and oxygen atoms in total. The largest absolute Gasteiger partial charge is 0.373 e. The number of nitrogens with zero attached hydrogens (tertiary/aromatic N) is 3. The van der Waals surface area contributed by atoms with Crippen molar-refractivity contribution >= 4 is 21.6 Å². The first-order valence-electron chi connectivity index (χ1n) is 6.23. The first-order valence-corrected chi connectivity index (χ1v) is 7.02. The second kappa shape index (κ2) is 5.73. The lowest BCUT2D eigenvalue weighted by atomic mass is 10.1. The lowest BCUT2D eigenvalue weighted by Crippen LogP contribution is -2.36. The van der Waals surface area contributed by atoms with Gasteiger partial charge in [0.2, 0.25) is 0 Å². The van der Waals surface area contributed by atoms with Crippen molar-refractivity contribution in [3.8, 4) is 6.07 Å². The Bertz CT molecular complexity index is 467. The van der Waals surface area contributed by atoms with E-state index in [1.165, 1.54) is 19.4 Å². The van der Waals surface area contributed by atoms with E-state index in [0.717, 1.165) is 16.7 Å². The molecule has 0 radical (unpaired) electrons. The van der Waals surface area contributed by atoms with Crippen LogP contribution in [0.1, 0.15) is 18.4 Å². The van der Waals surface area contributed by atoms with Gasteiger partial charge in [-0.2, -0.15) is 5.26 Å². The van der Waals surface area contributed by atoms with Crippen LogP contribution in [0.2, 0.25) is 0 Å². The Hall–Kier alpha value is -1.05. The molecule has 0 N–H and O–H groups in total. The number of hydrogen-bond acceptors (Lipinski definition) is 3. The highest BCUT2D eigenvalue weighted by Gasteiger charge is 2.22. The summed E-state index contributed by atoms with van der Waals surface area (Å²) in [6.45, 7) is 2.24. The summed E-state index contributed by atoms with van der Waals surface area (Å²) in [5, 5.41) is 8.91. The molecule has 0 bridgehead atoms. The Balaban J connectivity index is 2.07. The number of likely N-dealkylation sites (N-methyl/N-ethyl adjacent to an activating group) is 2.